The summed E-state index contributed by atoms with van der Waals surface area (Å²) in [6.07, 6.45) is -0.400. The summed E-state index contributed by atoms with van der Waals surface area (Å²) in [4.78, 5) is 6.02. The van der Waals surface area contributed by atoms with Gasteiger partial charge >= 0.3 is 0 Å². The van der Waals surface area contributed by atoms with Crippen LogP contribution in [0.1, 0.15) is 12.1 Å². The van der Waals surface area contributed by atoms with Crippen LogP contribution in [0.3, 0.4) is 0 Å². The Morgan fingerprint density at radius 3 is 2.82 bits per heavy atom. The molecular formula is C13H19N5O3S. The molecule has 0 amide bonds. The van der Waals surface area contributed by atoms with Crippen molar-refractivity contribution in [1.29, 1.82) is 5.26 Å². The molecule has 22 heavy (non-hydrogen) atoms. The normalized spacial score (nSPS) is 22.6. The van der Waals surface area contributed by atoms with E-state index in [1.165, 1.54) is 14.1 Å². The lowest BCUT2D eigenvalue weighted by Gasteiger charge is -2.37. The highest BCUT2D eigenvalue weighted by molar-refractivity contribution is 7.87. The van der Waals surface area contributed by atoms with E-state index in [9.17, 15) is 13.5 Å². The molecule has 0 radical (unpaired) electrons. The van der Waals surface area contributed by atoms with Crippen molar-refractivity contribution >= 4 is 16.0 Å². The number of nitrogens with zero attached hydrogens (tertiary/aromatic N) is 4. The molecule has 2 rings (SSSR count). The third kappa shape index (κ3) is 3.72. The van der Waals surface area contributed by atoms with Crippen molar-refractivity contribution in [3.05, 3.63) is 23.9 Å². The Morgan fingerprint density at radius 2 is 2.23 bits per heavy atom. The average molecular weight is 325 g/mol. The van der Waals surface area contributed by atoms with Crippen LogP contribution in [0.15, 0.2) is 18.2 Å². The molecule has 1 aromatic rings. The zero-order chi connectivity index (χ0) is 16.3. The second-order valence-electron chi connectivity index (χ2n) is 5.31. The van der Waals surface area contributed by atoms with E-state index < -0.39 is 22.4 Å². The Kier molecular flexibility index (Phi) is 4.97. The predicted molar refractivity (Wildman–Crippen MR) is 81.3 cm³/mol. The van der Waals surface area contributed by atoms with Gasteiger partial charge in [0, 0.05) is 27.2 Å². The first-order chi connectivity index (χ1) is 10.3. The van der Waals surface area contributed by atoms with Gasteiger partial charge in [-0.3, -0.25) is 0 Å². The van der Waals surface area contributed by atoms with Crippen LogP contribution in [0.2, 0.25) is 0 Å². The van der Waals surface area contributed by atoms with Gasteiger partial charge in [0.1, 0.15) is 17.6 Å². The molecular weight excluding hydrogens is 306 g/mol. The molecule has 1 saturated heterocycles. The number of aliphatic hydroxyl groups excluding tert-OH is 1. The molecule has 1 aliphatic heterocycles. The van der Waals surface area contributed by atoms with Crippen molar-refractivity contribution in [3.63, 3.8) is 0 Å². The maximum absolute atomic E-state index is 11.8. The number of piperidine rings is 1. The van der Waals surface area contributed by atoms with Crippen LogP contribution < -0.4 is 9.62 Å². The Hall–Kier alpha value is -1.73. The minimum Gasteiger partial charge on any atom is -0.390 e. The van der Waals surface area contributed by atoms with Gasteiger partial charge in [0.25, 0.3) is 10.2 Å². The number of β-amino-alcohol motifs (C(OH)–C–C–N with tert-alkyl or cyclic N) is 1. The minimum absolute atomic E-state index is 0.252. The zero-order valence-electron chi connectivity index (χ0n) is 12.5. The predicted octanol–water partition coefficient (Wildman–Crippen LogP) is -0.711. The fourth-order valence-electron chi connectivity index (χ4n) is 2.24. The van der Waals surface area contributed by atoms with Crippen LogP contribution in [0.25, 0.3) is 0 Å². The van der Waals surface area contributed by atoms with E-state index in [1.807, 2.05) is 11.0 Å². The van der Waals surface area contributed by atoms with Crippen LogP contribution in [0.4, 0.5) is 5.82 Å². The topological polar surface area (TPSA) is 110 Å². The van der Waals surface area contributed by atoms with Gasteiger partial charge < -0.3 is 10.0 Å². The number of hydrogen-bond donors (Lipinski definition) is 2. The molecule has 2 heterocycles. The number of nitrogens with one attached hydrogen (secondary N) is 1. The standard InChI is InChI=1S/C13H19N5O3S/c1-17(2)22(20,21)16-11-6-7-18(9-12(11)19)13-5-3-4-10(8-14)15-13/h3-5,11-12,16,19H,6-7,9H2,1-2H3/t11-,12-/m1/s1. The van der Waals surface area contributed by atoms with Crippen molar-refractivity contribution in [2.45, 2.75) is 18.6 Å². The van der Waals surface area contributed by atoms with Gasteiger partial charge in [-0.2, -0.15) is 22.7 Å². The molecule has 0 aliphatic carbocycles. The van der Waals surface area contributed by atoms with Gasteiger partial charge in [-0.15, -0.1) is 0 Å². The average Bonchev–Trinajstić information content (AvgIpc) is 2.49. The van der Waals surface area contributed by atoms with Gasteiger partial charge in [0.05, 0.1) is 12.1 Å². The summed E-state index contributed by atoms with van der Waals surface area (Å²) in [5.74, 6) is 0.604. The number of nitriles is 1. The molecule has 0 saturated carbocycles. The van der Waals surface area contributed by atoms with E-state index in [0.717, 1.165) is 4.31 Å². The highest BCUT2D eigenvalue weighted by Crippen LogP contribution is 2.19. The second kappa shape index (κ2) is 6.58. The fraction of sp³-hybridized carbons (Fsp3) is 0.538. The number of aliphatic hydroxyl groups is 1. The summed E-state index contributed by atoms with van der Waals surface area (Å²) in [6, 6.07) is 6.53. The lowest BCUT2D eigenvalue weighted by molar-refractivity contribution is 0.123. The van der Waals surface area contributed by atoms with Gasteiger partial charge in [-0.25, -0.2) is 4.98 Å². The Labute approximate surface area is 130 Å². The first-order valence-corrected chi connectivity index (χ1v) is 8.27. The Balaban J connectivity index is 2.05. The number of hydrogen-bond acceptors (Lipinski definition) is 6. The molecule has 1 aromatic heterocycles. The van der Waals surface area contributed by atoms with Crippen LogP contribution in [0, 0.1) is 11.3 Å². The number of pyridine rings is 1. The van der Waals surface area contributed by atoms with E-state index in [-0.39, 0.29) is 6.54 Å². The fourth-order valence-corrected chi connectivity index (χ4v) is 3.10. The Bertz CT molecular complexity index is 670. The highest BCUT2D eigenvalue weighted by atomic mass is 32.2. The molecule has 120 valence electrons. The van der Waals surface area contributed by atoms with E-state index in [4.69, 9.17) is 5.26 Å². The summed E-state index contributed by atoms with van der Waals surface area (Å²) in [5, 5.41) is 19.1. The molecule has 2 atom stereocenters. The van der Waals surface area contributed by atoms with Crippen molar-refractivity contribution in [1.82, 2.24) is 14.0 Å². The molecule has 2 N–H and O–H groups in total. The Morgan fingerprint density at radius 1 is 1.50 bits per heavy atom. The van der Waals surface area contributed by atoms with Gasteiger partial charge in [-0.1, -0.05) is 6.07 Å². The van der Waals surface area contributed by atoms with Crippen molar-refractivity contribution in [2.24, 2.45) is 0 Å². The molecule has 0 spiro atoms. The number of aromatic nitrogens is 1. The van der Waals surface area contributed by atoms with Crippen molar-refractivity contribution in [2.75, 3.05) is 32.1 Å². The third-order valence-electron chi connectivity index (χ3n) is 3.54. The summed E-state index contributed by atoms with van der Waals surface area (Å²) >= 11 is 0. The van der Waals surface area contributed by atoms with E-state index in [2.05, 4.69) is 9.71 Å². The third-order valence-corrected chi connectivity index (χ3v) is 5.10. The largest absolute Gasteiger partial charge is 0.390 e. The summed E-state index contributed by atoms with van der Waals surface area (Å²) in [7, 11) is -0.714. The first-order valence-electron chi connectivity index (χ1n) is 6.83. The second-order valence-corrected chi connectivity index (χ2v) is 7.22. The number of anilines is 1. The van der Waals surface area contributed by atoms with Crippen LogP contribution in [0.5, 0.6) is 0 Å². The van der Waals surface area contributed by atoms with Gasteiger partial charge in [-0.05, 0) is 18.6 Å². The quantitative estimate of drug-likeness (QED) is 0.757. The van der Waals surface area contributed by atoms with Crippen molar-refractivity contribution in [3.8, 4) is 6.07 Å². The molecule has 9 heteroatoms. The van der Waals surface area contributed by atoms with E-state index in [0.29, 0.717) is 24.5 Å². The molecule has 0 aromatic carbocycles. The first kappa shape index (κ1) is 16.6. The molecule has 1 fully saturated rings. The van der Waals surface area contributed by atoms with Crippen LogP contribution in [-0.2, 0) is 10.2 Å². The lowest BCUT2D eigenvalue weighted by Crippen LogP contribution is -2.56. The van der Waals surface area contributed by atoms with Crippen LogP contribution >= 0.6 is 0 Å². The maximum Gasteiger partial charge on any atom is 0.279 e. The highest BCUT2D eigenvalue weighted by Gasteiger charge is 2.32. The van der Waals surface area contributed by atoms with Gasteiger partial charge in [0.2, 0.25) is 0 Å². The SMILES string of the molecule is CN(C)S(=O)(=O)N[C@@H]1CCN(c2cccc(C#N)n2)C[C@H]1O. The number of rotatable bonds is 4. The smallest absolute Gasteiger partial charge is 0.279 e. The molecule has 1 aliphatic rings. The van der Waals surface area contributed by atoms with Crippen LogP contribution in [-0.4, -0.2) is 62.1 Å². The van der Waals surface area contributed by atoms with Crippen molar-refractivity contribution < 1.29 is 13.5 Å². The summed E-state index contributed by atoms with van der Waals surface area (Å²) in [5.41, 5.74) is 0.308. The molecule has 0 bridgehead atoms. The van der Waals surface area contributed by atoms with E-state index >= 15 is 0 Å². The summed E-state index contributed by atoms with van der Waals surface area (Å²) in [6.45, 7) is 0.794. The molecule has 0 unspecified atom stereocenters. The van der Waals surface area contributed by atoms with E-state index in [1.54, 1.807) is 18.2 Å². The lowest BCUT2D eigenvalue weighted by atomic mass is 10.0. The minimum atomic E-state index is -3.58. The zero-order valence-corrected chi connectivity index (χ0v) is 13.3. The molecule has 8 nitrogen and oxygen atoms in total. The summed E-state index contributed by atoms with van der Waals surface area (Å²) < 4.78 is 27.2. The maximum atomic E-state index is 11.8. The van der Waals surface area contributed by atoms with Gasteiger partial charge in [0.15, 0.2) is 0 Å². The monoisotopic (exact) mass is 325 g/mol.